The van der Waals surface area contributed by atoms with E-state index >= 15 is 0 Å². The van der Waals surface area contributed by atoms with Crippen molar-refractivity contribution < 1.29 is 4.39 Å². The molecule has 1 nitrogen and oxygen atoms in total. The van der Waals surface area contributed by atoms with Gasteiger partial charge in [0.15, 0.2) is 0 Å². The summed E-state index contributed by atoms with van der Waals surface area (Å²) < 4.78 is 17.5. The first-order valence-corrected chi connectivity index (χ1v) is 6.97. The summed E-state index contributed by atoms with van der Waals surface area (Å²) in [6.07, 6.45) is 3.64. The van der Waals surface area contributed by atoms with Crippen LogP contribution in [0.15, 0.2) is 27.5 Å². The van der Waals surface area contributed by atoms with Gasteiger partial charge in [0, 0.05) is 15.9 Å². The van der Waals surface area contributed by atoms with Gasteiger partial charge in [-0.3, -0.25) is 0 Å². The lowest BCUT2D eigenvalue weighted by Crippen LogP contribution is -2.04. The average Bonchev–Trinajstić information content (AvgIpc) is 2.14. The molecule has 0 unspecified atom stereocenters. The first-order valence-electron chi connectivity index (χ1n) is 4.97. The van der Waals surface area contributed by atoms with Gasteiger partial charge in [0.25, 0.3) is 0 Å². The van der Waals surface area contributed by atoms with E-state index in [1.165, 1.54) is 35.8 Å². The molecule has 0 atom stereocenters. The highest BCUT2D eigenvalue weighted by Gasteiger charge is 2.09. The second-order valence-electron chi connectivity index (χ2n) is 4.36. The highest BCUT2D eigenvalue weighted by Crippen LogP contribution is 2.24. The molecule has 88 valence electrons. The average molecular weight is 257 g/mol. The second-order valence-corrected chi connectivity index (χ2v) is 6.86. The molecule has 0 spiro atoms. The van der Waals surface area contributed by atoms with Crippen molar-refractivity contribution in [1.82, 2.24) is 0 Å². The highest BCUT2D eigenvalue weighted by atomic mass is 32.2. The summed E-state index contributed by atoms with van der Waals surface area (Å²) in [5.41, 5.74) is 0.807. The van der Waals surface area contributed by atoms with Crippen molar-refractivity contribution in [3.8, 4) is 0 Å². The van der Waals surface area contributed by atoms with Crippen LogP contribution in [-0.4, -0.2) is 17.2 Å². The monoisotopic (exact) mass is 257 g/mol. The standard InChI is InChI=1S/C12H16FNS2/c1-12(2,3)16-14-8-9-5-10(13)7-11(6-9)15-4/h5-8H,1-4H3. The number of benzene rings is 1. The van der Waals surface area contributed by atoms with E-state index in [2.05, 4.69) is 25.2 Å². The molecule has 0 saturated heterocycles. The quantitative estimate of drug-likeness (QED) is 0.451. The van der Waals surface area contributed by atoms with Crippen molar-refractivity contribution in [1.29, 1.82) is 0 Å². The minimum Gasteiger partial charge on any atom is -0.223 e. The predicted molar refractivity (Wildman–Crippen MR) is 73.1 cm³/mol. The molecule has 0 aliphatic rings. The Bertz CT molecular complexity index is 383. The van der Waals surface area contributed by atoms with Crippen molar-refractivity contribution in [3.05, 3.63) is 29.6 Å². The van der Waals surface area contributed by atoms with E-state index in [9.17, 15) is 4.39 Å². The van der Waals surface area contributed by atoms with Crippen LogP contribution in [0.5, 0.6) is 0 Å². The number of hydrogen-bond acceptors (Lipinski definition) is 3. The van der Waals surface area contributed by atoms with Crippen LogP contribution >= 0.6 is 23.7 Å². The van der Waals surface area contributed by atoms with Crippen molar-refractivity contribution in [2.24, 2.45) is 4.40 Å². The van der Waals surface area contributed by atoms with E-state index in [1.807, 2.05) is 12.3 Å². The zero-order valence-corrected chi connectivity index (χ0v) is 11.6. The number of rotatable bonds is 3. The first-order chi connectivity index (χ1) is 7.40. The molecule has 0 aliphatic heterocycles. The van der Waals surface area contributed by atoms with Crippen LogP contribution in [0.2, 0.25) is 0 Å². The van der Waals surface area contributed by atoms with Crippen molar-refractivity contribution in [2.75, 3.05) is 6.26 Å². The van der Waals surface area contributed by atoms with Gasteiger partial charge in [-0.1, -0.05) is 0 Å². The molecule has 0 heterocycles. The van der Waals surface area contributed by atoms with Crippen LogP contribution in [0.3, 0.4) is 0 Å². The highest BCUT2D eigenvalue weighted by molar-refractivity contribution is 7.99. The molecule has 0 N–H and O–H groups in total. The molecular formula is C12H16FNS2. The van der Waals surface area contributed by atoms with E-state index in [1.54, 1.807) is 6.21 Å². The molecule has 1 aromatic carbocycles. The van der Waals surface area contributed by atoms with E-state index in [0.717, 1.165) is 10.5 Å². The summed E-state index contributed by atoms with van der Waals surface area (Å²) in [6, 6.07) is 4.95. The maximum absolute atomic E-state index is 13.2. The lowest BCUT2D eigenvalue weighted by Gasteiger charge is -2.12. The Morgan fingerprint density at radius 2 is 1.94 bits per heavy atom. The van der Waals surface area contributed by atoms with E-state index in [-0.39, 0.29) is 10.6 Å². The SMILES string of the molecule is CSc1cc(F)cc(C=NSC(C)(C)C)c1. The van der Waals surface area contributed by atoms with E-state index in [4.69, 9.17) is 0 Å². The first kappa shape index (κ1) is 13.6. The van der Waals surface area contributed by atoms with Crippen LogP contribution in [-0.2, 0) is 0 Å². The zero-order valence-electron chi connectivity index (χ0n) is 9.95. The lowest BCUT2D eigenvalue weighted by atomic mass is 10.2. The maximum Gasteiger partial charge on any atom is 0.124 e. The fourth-order valence-electron chi connectivity index (χ4n) is 1.02. The summed E-state index contributed by atoms with van der Waals surface area (Å²) in [5.74, 6) is -0.214. The molecule has 0 bridgehead atoms. The third kappa shape index (κ3) is 5.03. The van der Waals surface area contributed by atoms with Gasteiger partial charge in [-0.2, -0.15) is 0 Å². The molecule has 0 amide bonds. The zero-order chi connectivity index (χ0) is 12.2. The summed E-state index contributed by atoms with van der Waals surface area (Å²) in [7, 11) is 0. The molecule has 0 aromatic heterocycles. The van der Waals surface area contributed by atoms with Gasteiger partial charge >= 0.3 is 0 Å². The molecule has 0 fully saturated rings. The van der Waals surface area contributed by atoms with E-state index < -0.39 is 0 Å². The molecule has 1 aromatic rings. The lowest BCUT2D eigenvalue weighted by molar-refractivity contribution is 0.624. The summed E-state index contributed by atoms with van der Waals surface area (Å²) in [4.78, 5) is 0.919. The molecule has 16 heavy (non-hydrogen) atoms. The summed E-state index contributed by atoms with van der Waals surface area (Å²) in [6.45, 7) is 6.27. The number of hydrogen-bond donors (Lipinski definition) is 0. The fraction of sp³-hybridized carbons (Fsp3) is 0.417. The van der Waals surface area contributed by atoms with Gasteiger partial charge in [0.05, 0.1) is 0 Å². The van der Waals surface area contributed by atoms with Crippen LogP contribution in [0.25, 0.3) is 0 Å². The minimum atomic E-state index is -0.214. The number of thioether (sulfide) groups is 1. The van der Waals surface area contributed by atoms with Gasteiger partial charge in [0.1, 0.15) is 5.82 Å². The van der Waals surface area contributed by atoms with Gasteiger partial charge in [0.2, 0.25) is 0 Å². The summed E-state index contributed by atoms with van der Waals surface area (Å²) in [5, 5.41) is 0. The summed E-state index contributed by atoms with van der Waals surface area (Å²) >= 11 is 3.02. The number of nitrogens with zero attached hydrogens (tertiary/aromatic N) is 1. The Morgan fingerprint density at radius 3 is 2.50 bits per heavy atom. The van der Waals surface area contributed by atoms with Crippen LogP contribution in [0.4, 0.5) is 4.39 Å². The second kappa shape index (κ2) is 5.73. The van der Waals surface area contributed by atoms with Crippen molar-refractivity contribution in [3.63, 3.8) is 0 Å². The smallest absolute Gasteiger partial charge is 0.124 e. The van der Waals surface area contributed by atoms with Crippen molar-refractivity contribution in [2.45, 2.75) is 30.4 Å². The predicted octanol–water partition coefficient (Wildman–Crippen LogP) is 4.41. The Labute approximate surface area is 105 Å². The van der Waals surface area contributed by atoms with Crippen LogP contribution in [0.1, 0.15) is 26.3 Å². The molecule has 1 rings (SSSR count). The van der Waals surface area contributed by atoms with Gasteiger partial charge in [-0.05, 0) is 62.7 Å². The molecule has 0 saturated carbocycles. The third-order valence-electron chi connectivity index (χ3n) is 1.66. The Hall–Kier alpha value is -0.480. The molecule has 0 aliphatic carbocycles. The Balaban J connectivity index is 2.77. The maximum atomic E-state index is 13.2. The minimum absolute atomic E-state index is 0.0894. The third-order valence-corrected chi connectivity index (χ3v) is 3.12. The van der Waals surface area contributed by atoms with E-state index in [0.29, 0.717) is 0 Å². The fourth-order valence-corrected chi connectivity index (χ4v) is 2.00. The van der Waals surface area contributed by atoms with Crippen LogP contribution < -0.4 is 0 Å². The van der Waals surface area contributed by atoms with Crippen molar-refractivity contribution >= 4 is 29.9 Å². The Kier molecular flexibility index (Phi) is 4.87. The van der Waals surface area contributed by atoms with Gasteiger partial charge in [-0.15, -0.1) is 11.8 Å². The normalized spacial score (nSPS) is 12.3. The molecule has 0 radical (unpaired) electrons. The topological polar surface area (TPSA) is 12.4 Å². The van der Waals surface area contributed by atoms with Gasteiger partial charge < -0.3 is 0 Å². The number of halogens is 1. The largest absolute Gasteiger partial charge is 0.223 e. The molecular weight excluding hydrogens is 241 g/mol. The Morgan fingerprint density at radius 1 is 1.25 bits per heavy atom. The van der Waals surface area contributed by atoms with Crippen LogP contribution in [0, 0.1) is 5.82 Å². The van der Waals surface area contributed by atoms with Gasteiger partial charge in [-0.25, -0.2) is 8.79 Å². The molecule has 4 heteroatoms.